The standard InChI is InChI=1S/C30H25N5OS/c1-18-12-14-21(15-13-18)29-33-35-27(31)25(28(36)32-30(35)37-29)16-24-20(3)34(26-11-7-6-10-23(24)26)17-22-9-5-4-8-19(22)2/h4-16,31H,17H2,1-3H3. The Hall–Kier alpha value is -4.23. The molecule has 1 N–H and O–H groups in total. The largest absolute Gasteiger partial charge is 0.340 e. The number of fused-ring (bicyclic) bond motifs is 2. The Balaban J connectivity index is 1.41. The third-order valence-electron chi connectivity index (χ3n) is 6.91. The van der Waals surface area contributed by atoms with E-state index in [0.717, 1.165) is 44.9 Å². The van der Waals surface area contributed by atoms with Gasteiger partial charge in [-0.3, -0.25) is 10.2 Å². The van der Waals surface area contributed by atoms with Gasteiger partial charge in [0.05, 0.1) is 5.57 Å². The zero-order chi connectivity index (χ0) is 25.7. The molecule has 7 heteroatoms. The zero-order valence-corrected chi connectivity index (χ0v) is 21.6. The molecule has 6 rings (SSSR count). The Kier molecular flexibility index (Phi) is 5.65. The molecule has 0 saturated carbocycles. The van der Waals surface area contributed by atoms with Crippen molar-refractivity contribution in [1.29, 1.82) is 5.41 Å². The van der Waals surface area contributed by atoms with Gasteiger partial charge in [-0.05, 0) is 55.8 Å². The van der Waals surface area contributed by atoms with Crippen LogP contribution in [0.5, 0.6) is 0 Å². The number of aryl methyl sites for hydroxylation is 2. The molecule has 182 valence electrons. The fourth-order valence-electron chi connectivity index (χ4n) is 4.75. The van der Waals surface area contributed by atoms with E-state index in [-0.39, 0.29) is 11.4 Å². The quantitative estimate of drug-likeness (QED) is 0.333. The van der Waals surface area contributed by atoms with Crippen molar-refractivity contribution in [1.82, 2.24) is 9.58 Å². The number of amides is 1. The second kappa shape index (κ2) is 9.01. The average Bonchev–Trinajstić information content (AvgIpc) is 3.43. The number of hydrogen-bond acceptors (Lipinski definition) is 4. The first-order chi connectivity index (χ1) is 17.9. The molecule has 0 radical (unpaired) electrons. The summed E-state index contributed by atoms with van der Waals surface area (Å²) < 4.78 is 2.27. The van der Waals surface area contributed by atoms with Crippen LogP contribution in [0.2, 0.25) is 0 Å². The number of hydrogen-bond donors (Lipinski definition) is 1. The Bertz CT molecular complexity index is 1690. The van der Waals surface area contributed by atoms with Crippen LogP contribution in [0.1, 0.15) is 33.5 Å². The number of aromatic nitrogens is 1. The van der Waals surface area contributed by atoms with E-state index in [4.69, 9.17) is 5.41 Å². The molecule has 0 aliphatic carbocycles. The molecule has 0 fully saturated rings. The van der Waals surface area contributed by atoms with Crippen molar-refractivity contribution in [3.05, 3.63) is 112 Å². The van der Waals surface area contributed by atoms with Gasteiger partial charge >= 0.3 is 0 Å². The summed E-state index contributed by atoms with van der Waals surface area (Å²) in [7, 11) is 0. The highest BCUT2D eigenvalue weighted by Crippen LogP contribution is 2.33. The van der Waals surface area contributed by atoms with E-state index in [1.165, 1.54) is 27.9 Å². The molecular weight excluding hydrogens is 478 g/mol. The van der Waals surface area contributed by atoms with Gasteiger partial charge in [-0.15, -0.1) is 0 Å². The maximum atomic E-state index is 13.1. The Labute approximate surface area is 219 Å². The first kappa shape index (κ1) is 23.2. The summed E-state index contributed by atoms with van der Waals surface area (Å²) in [6, 6.07) is 24.6. The van der Waals surface area contributed by atoms with Crippen molar-refractivity contribution < 1.29 is 4.79 Å². The summed E-state index contributed by atoms with van der Waals surface area (Å²) in [6.07, 6.45) is 1.81. The van der Waals surface area contributed by atoms with Crippen LogP contribution in [-0.2, 0) is 11.3 Å². The number of carbonyl (C=O) groups excluding carboxylic acids is 1. The van der Waals surface area contributed by atoms with Gasteiger partial charge in [-0.2, -0.15) is 15.1 Å². The lowest BCUT2D eigenvalue weighted by Gasteiger charge is -2.20. The SMILES string of the molecule is Cc1ccc(C2=NN3C(=N)C(=Cc4c(C)n(Cc5ccccc5C)c5ccccc45)C(=O)N=C3S2)cc1. The summed E-state index contributed by atoms with van der Waals surface area (Å²) in [6.45, 7) is 6.95. The van der Waals surface area contributed by atoms with Gasteiger partial charge in [-0.1, -0.05) is 72.3 Å². The molecular formula is C30H25N5OS. The van der Waals surface area contributed by atoms with Crippen LogP contribution >= 0.6 is 11.8 Å². The number of amidine groups is 2. The molecule has 37 heavy (non-hydrogen) atoms. The Morgan fingerprint density at radius 3 is 2.46 bits per heavy atom. The van der Waals surface area contributed by atoms with E-state index in [9.17, 15) is 4.79 Å². The number of benzene rings is 3. The highest BCUT2D eigenvalue weighted by atomic mass is 32.2. The lowest BCUT2D eigenvalue weighted by Crippen LogP contribution is -2.35. The van der Waals surface area contributed by atoms with E-state index in [1.807, 2.05) is 49.4 Å². The van der Waals surface area contributed by atoms with E-state index in [0.29, 0.717) is 5.17 Å². The number of hydrazone groups is 1. The molecule has 6 nitrogen and oxygen atoms in total. The smallest absolute Gasteiger partial charge is 0.283 e. The molecule has 1 aromatic heterocycles. The van der Waals surface area contributed by atoms with Crippen molar-refractivity contribution in [2.75, 3.05) is 0 Å². The summed E-state index contributed by atoms with van der Waals surface area (Å²) in [5, 5.41) is 17.1. The molecule has 2 aliphatic heterocycles. The van der Waals surface area contributed by atoms with Crippen LogP contribution in [0.4, 0.5) is 0 Å². The fraction of sp³-hybridized carbons (Fsp3) is 0.133. The number of carbonyl (C=O) groups is 1. The maximum Gasteiger partial charge on any atom is 0.283 e. The summed E-state index contributed by atoms with van der Waals surface area (Å²) in [4.78, 5) is 17.4. The molecule has 4 aromatic rings. The molecule has 0 bridgehead atoms. The lowest BCUT2D eigenvalue weighted by molar-refractivity contribution is -0.114. The molecule has 0 atom stereocenters. The zero-order valence-electron chi connectivity index (χ0n) is 20.8. The fourth-order valence-corrected chi connectivity index (χ4v) is 5.65. The minimum absolute atomic E-state index is 0.0414. The lowest BCUT2D eigenvalue weighted by atomic mass is 10.1. The van der Waals surface area contributed by atoms with Crippen LogP contribution in [0.3, 0.4) is 0 Å². The first-order valence-corrected chi connectivity index (χ1v) is 12.9. The van der Waals surface area contributed by atoms with Gasteiger partial charge in [0.2, 0.25) is 5.17 Å². The number of thioether (sulfide) groups is 1. The average molecular weight is 504 g/mol. The normalized spacial score (nSPS) is 16.4. The topological polar surface area (TPSA) is 73.8 Å². The predicted octanol–water partition coefficient (Wildman–Crippen LogP) is 6.28. The maximum absolute atomic E-state index is 13.1. The van der Waals surface area contributed by atoms with Gasteiger partial charge in [-0.25, -0.2) is 0 Å². The predicted molar refractivity (Wildman–Crippen MR) is 152 cm³/mol. The highest BCUT2D eigenvalue weighted by Gasteiger charge is 2.36. The van der Waals surface area contributed by atoms with Crippen molar-refractivity contribution >= 4 is 50.7 Å². The highest BCUT2D eigenvalue weighted by molar-refractivity contribution is 8.27. The third kappa shape index (κ3) is 4.01. The third-order valence-corrected chi connectivity index (χ3v) is 7.87. The van der Waals surface area contributed by atoms with E-state index in [1.54, 1.807) is 6.08 Å². The number of nitrogens with zero attached hydrogens (tertiary/aromatic N) is 4. The molecule has 1 amide bonds. The van der Waals surface area contributed by atoms with E-state index < -0.39 is 5.91 Å². The second-order valence-corrected chi connectivity index (χ2v) is 10.3. The van der Waals surface area contributed by atoms with Gasteiger partial charge in [0.15, 0.2) is 5.84 Å². The Morgan fingerprint density at radius 2 is 1.68 bits per heavy atom. The van der Waals surface area contributed by atoms with Crippen LogP contribution in [0.25, 0.3) is 17.0 Å². The van der Waals surface area contributed by atoms with Crippen LogP contribution < -0.4 is 0 Å². The molecule has 3 aromatic carbocycles. The number of para-hydroxylation sites is 1. The number of aliphatic imine (C=N–C) groups is 1. The minimum Gasteiger partial charge on any atom is -0.340 e. The molecule has 2 aliphatic rings. The first-order valence-electron chi connectivity index (χ1n) is 12.1. The van der Waals surface area contributed by atoms with E-state index >= 15 is 0 Å². The molecule has 0 spiro atoms. The minimum atomic E-state index is -0.417. The van der Waals surface area contributed by atoms with Crippen LogP contribution in [0.15, 0.2) is 88.5 Å². The molecule has 0 unspecified atom stereocenters. The summed E-state index contributed by atoms with van der Waals surface area (Å²) in [5.41, 5.74) is 7.86. The van der Waals surface area contributed by atoms with Gasteiger partial charge in [0, 0.05) is 34.3 Å². The van der Waals surface area contributed by atoms with Crippen molar-refractivity contribution in [3.63, 3.8) is 0 Å². The Morgan fingerprint density at radius 1 is 0.946 bits per heavy atom. The van der Waals surface area contributed by atoms with Gasteiger partial charge in [0.1, 0.15) is 5.04 Å². The number of rotatable bonds is 4. The number of nitrogens with one attached hydrogen (secondary N) is 1. The van der Waals surface area contributed by atoms with Crippen LogP contribution in [-0.4, -0.2) is 31.5 Å². The van der Waals surface area contributed by atoms with E-state index in [2.05, 4.69) is 58.8 Å². The summed E-state index contributed by atoms with van der Waals surface area (Å²) >= 11 is 1.31. The van der Waals surface area contributed by atoms with Gasteiger partial charge in [0.25, 0.3) is 5.91 Å². The van der Waals surface area contributed by atoms with Crippen molar-refractivity contribution in [2.45, 2.75) is 27.3 Å². The molecule has 0 saturated heterocycles. The summed E-state index contributed by atoms with van der Waals surface area (Å²) in [5.74, 6) is -0.376. The van der Waals surface area contributed by atoms with Crippen molar-refractivity contribution in [2.24, 2.45) is 10.1 Å². The van der Waals surface area contributed by atoms with Crippen LogP contribution in [0, 0.1) is 26.2 Å². The van der Waals surface area contributed by atoms with Crippen molar-refractivity contribution in [3.8, 4) is 0 Å². The van der Waals surface area contributed by atoms with Gasteiger partial charge < -0.3 is 4.57 Å². The second-order valence-electron chi connectivity index (χ2n) is 9.32. The molecule has 3 heterocycles. The monoisotopic (exact) mass is 503 g/mol.